The van der Waals surface area contributed by atoms with Crippen LogP contribution in [0, 0.1) is 5.92 Å². The SMILES string of the molecule is O=C(NCc1ccc(Oc2ccccc2)cc1)C1CCN(c2cnccn2)CC1. The molecule has 6 nitrogen and oxygen atoms in total. The van der Waals surface area contributed by atoms with Crippen molar-refractivity contribution in [1.82, 2.24) is 15.3 Å². The van der Waals surface area contributed by atoms with E-state index >= 15 is 0 Å². The van der Waals surface area contributed by atoms with E-state index in [0.717, 1.165) is 48.8 Å². The highest BCUT2D eigenvalue weighted by atomic mass is 16.5. The lowest BCUT2D eigenvalue weighted by atomic mass is 9.96. The molecular formula is C23H24N4O2. The van der Waals surface area contributed by atoms with Gasteiger partial charge in [0, 0.05) is 37.9 Å². The van der Waals surface area contributed by atoms with Gasteiger partial charge in [-0.3, -0.25) is 9.78 Å². The zero-order valence-corrected chi connectivity index (χ0v) is 16.2. The van der Waals surface area contributed by atoms with Gasteiger partial charge in [-0.15, -0.1) is 0 Å². The van der Waals surface area contributed by atoms with Crippen molar-refractivity contribution in [3.8, 4) is 11.5 Å². The summed E-state index contributed by atoms with van der Waals surface area (Å²) in [6.45, 7) is 2.17. The zero-order valence-electron chi connectivity index (χ0n) is 16.2. The minimum atomic E-state index is 0.0450. The number of nitrogens with zero attached hydrogens (tertiary/aromatic N) is 3. The number of amides is 1. The minimum Gasteiger partial charge on any atom is -0.457 e. The summed E-state index contributed by atoms with van der Waals surface area (Å²) in [4.78, 5) is 23.2. The molecule has 6 heteroatoms. The number of nitrogens with one attached hydrogen (secondary N) is 1. The molecule has 4 rings (SSSR count). The second kappa shape index (κ2) is 9.19. The molecule has 2 aromatic carbocycles. The second-order valence-corrected chi connectivity index (χ2v) is 7.10. The Balaban J connectivity index is 1.23. The third kappa shape index (κ3) is 5.10. The summed E-state index contributed by atoms with van der Waals surface area (Å²) in [6.07, 6.45) is 6.79. The fourth-order valence-corrected chi connectivity index (χ4v) is 3.46. The quantitative estimate of drug-likeness (QED) is 0.696. The van der Waals surface area contributed by atoms with Crippen LogP contribution >= 0.6 is 0 Å². The fourth-order valence-electron chi connectivity index (χ4n) is 3.46. The smallest absolute Gasteiger partial charge is 0.223 e. The van der Waals surface area contributed by atoms with Crippen LogP contribution in [0.3, 0.4) is 0 Å². The summed E-state index contributed by atoms with van der Waals surface area (Å²) >= 11 is 0. The van der Waals surface area contributed by atoms with E-state index in [2.05, 4.69) is 20.2 Å². The molecule has 0 unspecified atom stereocenters. The first-order valence-electron chi connectivity index (χ1n) is 9.88. The van der Waals surface area contributed by atoms with Crippen molar-refractivity contribution < 1.29 is 9.53 Å². The van der Waals surface area contributed by atoms with Crippen molar-refractivity contribution in [3.63, 3.8) is 0 Å². The number of carbonyl (C=O) groups excluding carboxylic acids is 1. The molecule has 0 atom stereocenters. The van der Waals surface area contributed by atoms with Crippen LogP contribution in [0.1, 0.15) is 18.4 Å². The predicted octanol–water partition coefficient (Wildman–Crippen LogP) is 3.80. The van der Waals surface area contributed by atoms with E-state index in [1.165, 1.54) is 0 Å². The van der Waals surface area contributed by atoms with Crippen molar-refractivity contribution in [1.29, 1.82) is 0 Å². The van der Waals surface area contributed by atoms with Gasteiger partial charge in [-0.05, 0) is 42.7 Å². The Hall–Kier alpha value is -3.41. The first-order valence-corrected chi connectivity index (χ1v) is 9.88. The summed E-state index contributed by atoms with van der Waals surface area (Å²) in [6, 6.07) is 17.5. The Morgan fingerprint density at radius 1 is 1.00 bits per heavy atom. The van der Waals surface area contributed by atoms with Crippen molar-refractivity contribution in [2.75, 3.05) is 18.0 Å². The van der Waals surface area contributed by atoms with Gasteiger partial charge in [0.1, 0.15) is 17.3 Å². The Morgan fingerprint density at radius 3 is 2.41 bits per heavy atom. The van der Waals surface area contributed by atoms with Crippen LogP contribution in [0.4, 0.5) is 5.82 Å². The van der Waals surface area contributed by atoms with Crippen molar-refractivity contribution in [3.05, 3.63) is 78.8 Å². The molecular weight excluding hydrogens is 364 g/mol. The number of hydrogen-bond donors (Lipinski definition) is 1. The lowest BCUT2D eigenvalue weighted by Crippen LogP contribution is -2.40. The van der Waals surface area contributed by atoms with Crippen LogP contribution in [-0.2, 0) is 11.3 Å². The predicted molar refractivity (Wildman–Crippen MR) is 112 cm³/mol. The third-order valence-corrected chi connectivity index (χ3v) is 5.11. The Labute approximate surface area is 170 Å². The summed E-state index contributed by atoms with van der Waals surface area (Å²) in [5.41, 5.74) is 1.05. The molecule has 1 aliphatic rings. The maximum atomic E-state index is 12.5. The van der Waals surface area contributed by atoms with E-state index in [-0.39, 0.29) is 11.8 Å². The van der Waals surface area contributed by atoms with E-state index in [4.69, 9.17) is 4.74 Å². The Morgan fingerprint density at radius 2 is 1.72 bits per heavy atom. The van der Waals surface area contributed by atoms with Crippen molar-refractivity contribution >= 4 is 11.7 Å². The van der Waals surface area contributed by atoms with E-state index in [1.54, 1.807) is 18.6 Å². The second-order valence-electron chi connectivity index (χ2n) is 7.10. The number of aromatic nitrogens is 2. The normalized spacial score (nSPS) is 14.4. The van der Waals surface area contributed by atoms with Gasteiger partial charge in [-0.1, -0.05) is 30.3 Å². The van der Waals surface area contributed by atoms with E-state index < -0.39 is 0 Å². The van der Waals surface area contributed by atoms with Gasteiger partial charge in [-0.2, -0.15) is 0 Å². The number of hydrogen-bond acceptors (Lipinski definition) is 5. The average Bonchev–Trinajstić information content (AvgIpc) is 2.80. The van der Waals surface area contributed by atoms with Crippen LogP contribution in [0.2, 0.25) is 0 Å². The van der Waals surface area contributed by atoms with Crippen molar-refractivity contribution in [2.24, 2.45) is 5.92 Å². The number of piperidine rings is 1. The molecule has 29 heavy (non-hydrogen) atoms. The highest BCUT2D eigenvalue weighted by Gasteiger charge is 2.25. The lowest BCUT2D eigenvalue weighted by Gasteiger charge is -2.31. The topological polar surface area (TPSA) is 67.3 Å². The molecule has 0 radical (unpaired) electrons. The highest BCUT2D eigenvalue weighted by Crippen LogP contribution is 2.22. The molecule has 0 saturated carbocycles. The van der Waals surface area contributed by atoms with E-state index in [1.807, 2.05) is 54.6 Å². The summed E-state index contributed by atoms with van der Waals surface area (Å²) in [7, 11) is 0. The molecule has 3 aromatic rings. The largest absolute Gasteiger partial charge is 0.457 e. The Bertz CT molecular complexity index is 909. The molecule has 0 spiro atoms. The molecule has 1 saturated heterocycles. The van der Waals surface area contributed by atoms with Gasteiger partial charge < -0.3 is 15.0 Å². The Kier molecular flexibility index (Phi) is 6.00. The number of ether oxygens (including phenoxy) is 1. The maximum absolute atomic E-state index is 12.5. The van der Waals surface area contributed by atoms with Gasteiger partial charge >= 0.3 is 0 Å². The zero-order chi connectivity index (χ0) is 19.9. The molecule has 0 bridgehead atoms. The average molecular weight is 388 g/mol. The van der Waals surface area contributed by atoms with E-state index in [9.17, 15) is 4.79 Å². The molecule has 148 valence electrons. The third-order valence-electron chi connectivity index (χ3n) is 5.11. The monoisotopic (exact) mass is 388 g/mol. The van der Waals surface area contributed by atoms with Gasteiger partial charge in [0.15, 0.2) is 0 Å². The maximum Gasteiger partial charge on any atom is 0.223 e. The van der Waals surface area contributed by atoms with Crippen LogP contribution < -0.4 is 15.0 Å². The molecule has 2 heterocycles. The number of benzene rings is 2. The number of anilines is 1. The summed E-state index contributed by atoms with van der Waals surface area (Å²) in [5, 5.41) is 3.07. The molecule has 1 amide bonds. The van der Waals surface area contributed by atoms with Crippen LogP contribution in [0.15, 0.2) is 73.2 Å². The highest BCUT2D eigenvalue weighted by molar-refractivity contribution is 5.79. The molecule has 1 fully saturated rings. The van der Waals surface area contributed by atoms with E-state index in [0.29, 0.717) is 6.54 Å². The molecule has 1 N–H and O–H groups in total. The molecule has 1 aliphatic heterocycles. The van der Waals surface area contributed by atoms with Crippen LogP contribution in [-0.4, -0.2) is 29.0 Å². The van der Waals surface area contributed by atoms with Crippen molar-refractivity contribution in [2.45, 2.75) is 19.4 Å². The van der Waals surface area contributed by atoms with Gasteiger partial charge in [-0.25, -0.2) is 4.98 Å². The van der Waals surface area contributed by atoms with Gasteiger partial charge in [0.05, 0.1) is 6.20 Å². The lowest BCUT2D eigenvalue weighted by molar-refractivity contribution is -0.125. The first-order chi connectivity index (χ1) is 14.3. The molecule has 1 aromatic heterocycles. The van der Waals surface area contributed by atoms with Crippen LogP contribution in [0.25, 0.3) is 0 Å². The number of carbonyl (C=O) groups is 1. The fraction of sp³-hybridized carbons (Fsp3) is 0.261. The van der Waals surface area contributed by atoms with Gasteiger partial charge in [0.25, 0.3) is 0 Å². The summed E-state index contributed by atoms with van der Waals surface area (Å²) in [5.74, 6) is 2.63. The van der Waals surface area contributed by atoms with Gasteiger partial charge in [0.2, 0.25) is 5.91 Å². The standard InChI is InChI=1S/C23H24N4O2/c28-23(19-10-14-27(15-11-19)22-17-24-12-13-25-22)26-16-18-6-8-21(9-7-18)29-20-4-2-1-3-5-20/h1-9,12-13,17,19H,10-11,14-16H2,(H,26,28). The summed E-state index contributed by atoms with van der Waals surface area (Å²) < 4.78 is 5.80. The number of para-hydroxylation sites is 1. The first kappa shape index (κ1) is 18.9. The molecule has 0 aliphatic carbocycles. The number of rotatable bonds is 6. The van der Waals surface area contributed by atoms with Crippen LogP contribution in [0.5, 0.6) is 11.5 Å². The minimum absolute atomic E-state index is 0.0450.